The summed E-state index contributed by atoms with van der Waals surface area (Å²) < 4.78 is 0. The first-order valence-electron chi connectivity index (χ1n) is 8.17. The van der Waals surface area contributed by atoms with Crippen molar-refractivity contribution in [3.63, 3.8) is 0 Å². The summed E-state index contributed by atoms with van der Waals surface area (Å²) in [5.74, 6) is 1.05. The molecular weight excluding hydrogens is 206 g/mol. The normalized spacial score (nSPS) is 33.9. The molecule has 100 valence electrons. The van der Waals surface area contributed by atoms with E-state index in [-0.39, 0.29) is 0 Å². The summed E-state index contributed by atoms with van der Waals surface area (Å²) in [6.07, 6.45) is 17.9. The van der Waals surface area contributed by atoms with Gasteiger partial charge in [-0.25, -0.2) is 0 Å². The van der Waals surface area contributed by atoms with Crippen LogP contribution < -0.4 is 0 Å². The van der Waals surface area contributed by atoms with E-state index in [0.29, 0.717) is 0 Å². The first kappa shape index (κ1) is 13.4. The maximum Gasteiger partial charge on any atom is -0.00161 e. The molecule has 0 spiro atoms. The van der Waals surface area contributed by atoms with Gasteiger partial charge in [-0.3, -0.25) is 0 Å². The number of fused-ring (bicyclic) bond motifs is 3. The fourth-order valence-electron chi connectivity index (χ4n) is 3.55. The van der Waals surface area contributed by atoms with E-state index in [1.54, 1.807) is 0 Å². The second-order valence-electron chi connectivity index (χ2n) is 6.26. The van der Waals surface area contributed by atoms with Gasteiger partial charge in [-0.15, -0.1) is 0 Å². The van der Waals surface area contributed by atoms with Crippen LogP contribution in [0.1, 0.15) is 77.0 Å². The molecule has 2 aliphatic rings. The van der Waals surface area contributed by atoms with E-state index in [1.807, 2.05) is 0 Å². The van der Waals surface area contributed by atoms with Gasteiger partial charge in [0.2, 0.25) is 0 Å². The lowest BCUT2D eigenvalue weighted by molar-refractivity contribution is 0.242. The highest BCUT2D eigenvalue weighted by molar-refractivity contribution is 4.69. The third-order valence-corrected chi connectivity index (χ3v) is 4.78. The monoisotopic (exact) mass is 237 g/mol. The van der Waals surface area contributed by atoms with Crippen LogP contribution in [0.3, 0.4) is 0 Å². The summed E-state index contributed by atoms with van der Waals surface area (Å²) in [6, 6.07) is 0. The van der Waals surface area contributed by atoms with Crippen molar-refractivity contribution in [2.24, 2.45) is 5.92 Å². The molecule has 0 saturated carbocycles. The zero-order valence-electron chi connectivity index (χ0n) is 11.6. The molecule has 0 aliphatic carbocycles. The van der Waals surface area contributed by atoms with Crippen LogP contribution in [0.5, 0.6) is 0 Å². The summed E-state index contributed by atoms with van der Waals surface area (Å²) in [7, 11) is 0. The molecule has 2 fully saturated rings. The Morgan fingerprint density at radius 1 is 0.471 bits per heavy atom. The fraction of sp³-hybridized carbons (Fsp3) is 1.00. The Hall–Kier alpha value is -0.0400. The molecule has 1 nitrogen and oxygen atoms in total. The van der Waals surface area contributed by atoms with Gasteiger partial charge in [0.05, 0.1) is 0 Å². The molecule has 2 bridgehead atoms. The predicted molar refractivity (Wildman–Crippen MR) is 75.3 cm³/mol. The third kappa shape index (κ3) is 5.42. The quantitative estimate of drug-likeness (QED) is 0.594. The minimum absolute atomic E-state index is 1.05. The summed E-state index contributed by atoms with van der Waals surface area (Å²) in [6.45, 7) is 4.16. The van der Waals surface area contributed by atoms with Crippen LogP contribution in [-0.2, 0) is 0 Å². The molecule has 0 radical (unpaired) electrons. The number of rotatable bonds is 0. The largest absolute Gasteiger partial charge is 0.303 e. The Morgan fingerprint density at radius 2 is 1.00 bits per heavy atom. The average molecular weight is 237 g/mol. The van der Waals surface area contributed by atoms with Crippen molar-refractivity contribution in [3.8, 4) is 0 Å². The molecule has 0 N–H and O–H groups in total. The molecule has 2 atom stereocenters. The summed E-state index contributed by atoms with van der Waals surface area (Å²) >= 11 is 0. The van der Waals surface area contributed by atoms with E-state index in [0.717, 1.165) is 5.92 Å². The lowest BCUT2D eigenvalue weighted by atomic mass is 9.92. The smallest absolute Gasteiger partial charge is 0.00161 e. The van der Waals surface area contributed by atoms with Crippen molar-refractivity contribution in [1.82, 2.24) is 4.90 Å². The van der Waals surface area contributed by atoms with E-state index >= 15 is 0 Å². The van der Waals surface area contributed by atoms with E-state index in [9.17, 15) is 0 Å². The number of hydrogen-bond acceptors (Lipinski definition) is 1. The fourth-order valence-corrected chi connectivity index (χ4v) is 3.55. The molecule has 2 heterocycles. The van der Waals surface area contributed by atoms with Crippen LogP contribution >= 0.6 is 0 Å². The van der Waals surface area contributed by atoms with Crippen LogP contribution in [0.25, 0.3) is 0 Å². The SMILES string of the molecule is C1CCCCN2CCCCCC(CCC1)CC2. The van der Waals surface area contributed by atoms with Crippen molar-refractivity contribution < 1.29 is 0 Å². The van der Waals surface area contributed by atoms with Gasteiger partial charge in [-0.1, -0.05) is 57.8 Å². The standard InChI is InChI=1S/C16H31N/c1-2-4-8-13-17-14-9-5-7-11-16(12-15-17)10-6-3-1/h16H,1-15H2. The number of hydrogen-bond donors (Lipinski definition) is 0. The highest BCUT2D eigenvalue weighted by atomic mass is 15.1. The molecule has 2 saturated heterocycles. The molecule has 0 amide bonds. The second-order valence-corrected chi connectivity index (χ2v) is 6.26. The molecule has 0 aromatic rings. The third-order valence-electron chi connectivity index (χ3n) is 4.78. The minimum atomic E-state index is 1.05. The van der Waals surface area contributed by atoms with Crippen molar-refractivity contribution in [1.29, 1.82) is 0 Å². The van der Waals surface area contributed by atoms with E-state index < -0.39 is 0 Å². The Morgan fingerprint density at radius 3 is 1.71 bits per heavy atom. The van der Waals surface area contributed by atoms with Crippen LogP contribution in [0, 0.1) is 5.92 Å². The molecule has 0 aromatic carbocycles. The Kier molecular flexibility index (Phi) is 6.41. The van der Waals surface area contributed by atoms with Crippen molar-refractivity contribution in [2.45, 2.75) is 77.0 Å². The van der Waals surface area contributed by atoms with Crippen molar-refractivity contribution in [3.05, 3.63) is 0 Å². The lowest BCUT2D eigenvalue weighted by Gasteiger charge is -2.24. The van der Waals surface area contributed by atoms with Gasteiger partial charge >= 0.3 is 0 Å². The maximum absolute atomic E-state index is 2.76. The van der Waals surface area contributed by atoms with Gasteiger partial charge in [0, 0.05) is 0 Å². The summed E-state index contributed by atoms with van der Waals surface area (Å²) in [5, 5.41) is 0. The van der Waals surface area contributed by atoms with Crippen LogP contribution in [0.4, 0.5) is 0 Å². The molecule has 2 rings (SSSR count). The summed E-state index contributed by atoms with van der Waals surface area (Å²) in [5.41, 5.74) is 0. The average Bonchev–Trinajstić information content (AvgIpc) is 2.42. The van der Waals surface area contributed by atoms with Crippen LogP contribution in [0.2, 0.25) is 0 Å². The van der Waals surface area contributed by atoms with Gasteiger partial charge in [0.15, 0.2) is 0 Å². The zero-order chi connectivity index (χ0) is 11.8. The Balaban J connectivity index is 1.86. The highest BCUT2D eigenvalue weighted by Crippen LogP contribution is 2.24. The Labute approximate surface area is 108 Å². The van der Waals surface area contributed by atoms with E-state index in [4.69, 9.17) is 0 Å². The maximum atomic E-state index is 2.76. The molecule has 2 unspecified atom stereocenters. The molecule has 0 aromatic heterocycles. The van der Waals surface area contributed by atoms with Gasteiger partial charge in [0.1, 0.15) is 0 Å². The molecule has 1 heteroatoms. The Bertz CT molecular complexity index is 170. The number of nitrogens with zero attached hydrogens (tertiary/aromatic N) is 1. The van der Waals surface area contributed by atoms with E-state index in [1.165, 1.54) is 96.7 Å². The molecule has 2 aliphatic heterocycles. The highest BCUT2D eigenvalue weighted by Gasteiger charge is 2.14. The van der Waals surface area contributed by atoms with Crippen LogP contribution in [-0.4, -0.2) is 24.5 Å². The predicted octanol–water partition coefficient (Wildman–Crippen LogP) is 4.61. The first-order valence-corrected chi connectivity index (χ1v) is 8.17. The second kappa shape index (κ2) is 8.13. The van der Waals surface area contributed by atoms with Crippen molar-refractivity contribution >= 4 is 0 Å². The van der Waals surface area contributed by atoms with Gasteiger partial charge in [-0.05, 0) is 44.8 Å². The summed E-state index contributed by atoms with van der Waals surface area (Å²) in [4.78, 5) is 2.76. The first-order chi connectivity index (χ1) is 8.45. The van der Waals surface area contributed by atoms with Crippen LogP contribution in [0.15, 0.2) is 0 Å². The van der Waals surface area contributed by atoms with Gasteiger partial charge in [-0.2, -0.15) is 0 Å². The molecular formula is C16H31N. The minimum Gasteiger partial charge on any atom is -0.303 e. The van der Waals surface area contributed by atoms with Crippen molar-refractivity contribution in [2.75, 3.05) is 19.6 Å². The lowest BCUT2D eigenvalue weighted by Crippen LogP contribution is -2.28. The van der Waals surface area contributed by atoms with Gasteiger partial charge < -0.3 is 4.90 Å². The molecule has 17 heavy (non-hydrogen) atoms. The topological polar surface area (TPSA) is 3.24 Å². The van der Waals surface area contributed by atoms with E-state index in [2.05, 4.69) is 4.90 Å². The van der Waals surface area contributed by atoms with Gasteiger partial charge in [0.25, 0.3) is 0 Å². The zero-order valence-corrected chi connectivity index (χ0v) is 11.6.